The molecule has 0 bridgehead atoms. The van der Waals surface area contributed by atoms with E-state index in [0.29, 0.717) is 15.6 Å². The van der Waals surface area contributed by atoms with Crippen LogP contribution in [0.1, 0.15) is 10.4 Å². The lowest BCUT2D eigenvalue weighted by molar-refractivity contribution is 0.100. The number of ketones is 1. The van der Waals surface area contributed by atoms with Crippen LogP contribution in [0.25, 0.3) is 0 Å². The second kappa shape index (κ2) is 5.60. The number of hydrogen-bond donors (Lipinski definition) is 1. The van der Waals surface area contributed by atoms with Crippen molar-refractivity contribution in [1.82, 2.24) is 0 Å². The molecule has 0 aliphatic carbocycles. The summed E-state index contributed by atoms with van der Waals surface area (Å²) in [6, 6.07) is 4.69. The maximum Gasteiger partial charge on any atom is 0.176 e. The zero-order valence-electron chi connectivity index (χ0n) is 6.59. The van der Waals surface area contributed by atoms with Crippen LogP contribution in [0.3, 0.4) is 0 Å². The third-order valence-corrected chi connectivity index (χ3v) is 2.17. The fourth-order valence-corrected chi connectivity index (χ4v) is 1.09. The van der Waals surface area contributed by atoms with Crippen LogP contribution in [-0.2, 0) is 0 Å². The quantitative estimate of drug-likeness (QED) is 0.849. The predicted molar refractivity (Wildman–Crippen MR) is 60.2 cm³/mol. The van der Waals surface area contributed by atoms with E-state index in [2.05, 4.69) is 0 Å². The van der Waals surface area contributed by atoms with E-state index < -0.39 is 0 Å². The molecule has 0 radical (unpaired) electrons. The van der Waals surface area contributed by atoms with Gasteiger partial charge in [0.1, 0.15) is 0 Å². The molecule has 5 heteroatoms. The molecular weight excluding hydrogens is 277 g/mol. The van der Waals surface area contributed by atoms with E-state index in [-0.39, 0.29) is 29.3 Å². The van der Waals surface area contributed by atoms with Crippen molar-refractivity contribution in [2.24, 2.45) is 5.73 Å². The van der Waals surface area contributed by atoms with Gasteiger partial charge >= 0.3 is 0 Å². The van der Waals surface area contributed by atoms with E-state index in [1.807, 2.05) is 0 Å². The number of carbonyl (C=O) groups is 1. The van der Waals surface area contributed by atoms with Gasteiger partial charge in [0.25, 0.3) is 0 Å². The molecule has 2 N–H and O–H groups in total. The van der Waals surface area contributed by atoms with E-state index in [4.69, 9.17) is 28.9 Å². The van der Waals surface area contributed by atoms with Crippen LogP contribution < -0.4 is 5.73 Å². The maximum atomic E-state index is 11.1. The molecule has 0 amide bonds. The second-order valence-corrected chi connectivity index (χ2v) is 3.07. The standard InChI is InChI=1S/C8H7Cl2NO.BrH/c9-6-2-1-5(3-7(6)10)8(12)4-11;/h1-3H,4,11H2;1H. The molecule has 1 aromatic carbocycles. The minimum Gasteiger partial charge on any atom is -0.324 e. The Hall–Kier alpha value is -0.0900. The summed E-state index contributed by atoms with van der Waals surface area (Å²) in [6.07, 6.45) is 0. The van der Waals surface area contributed by atoms with Gasteiger partial charge in [-0.3, -0.25) is 4.79 Å². The first-order valence-corrected chi connectivity index (χ1v) is 4.09. The zero-order chi connectivity index (χ0) is 9.14. The average molecular weight is 285 g/mol. The van der Waals surface area contributed by atoms with Gasteiger partial charge in [0.05, 0.1) is 16.6 Å². The Morgan fingerprint density at radius 2 is 1.92 bits per heavy atom. The summed E-state index contributed by atoms with van der Waals surface area (Å²) in [6.45, 7) is -0.0159. The van der Waals surface area contributed by atoms with E-state index in [0.717, 1.165) is 0 Å². The highest BCUT2D eigenvalue weighted by molar-refractivity contribution is 8.93. The molecule has 1 rings (SSSR count). The molecule has 0 fully saturated rings. The first-order valence-electron chi connectivity index (χ1n) is 3.33. The monoisotopic (exact) mass is 283 g/mol. The third-order valence-electron chi connectivity index (χ3n) is 1.43. The molecule has 0 aliphatic rings. The third kappa shape index (κ3) is 3.27. The maximum absolute atomic E-state index is 11.1. The Kier molecular flexibility index (Phi) is 5.56. The van der Waals surface area contributed by atoms with E-state index >= 15 is 0 Å². The highest BCUT2D eigenvalue weighted by Crippen LogP contribution is 2.22. The molecule has 0 aromatic heterocycles. The SMILES string of the molecule is Br.NCC(=O)c1ccc(Cl)c(Cl)c1. The fraction of sp³-hybridized carbons (Fsp3) is 0.125. The van der Waals surface area contributed by atoms with Crippen LogP contribution in [0.2, 0.25) is 10.0 Å². The Labute approximate surface area is 96.8 Å². The lowest BCUT2D eigenvalue weighted by Gasteiger charge is -1.99. The van der Waals surface area contributed by atoms with Crippen molar-refractivity contribution in [2.75, 3.05) is 6.54 Å². The molecule has 13 heavy (non-hydrogen) atoms. The van der Waals surface area contributed by atoms with Gasteiger partial charge in [0.2, 0.25) is 0 Å². The second-order valence-electron chi connectivity index (χ2n) is 2.26. The van der Waals surface area contributed by atoms with Gasteiger partial charge in [-0.05, 0) is 18.2 Å². The average Bonchev–Trinajstić information content (AvgIpc) is 2.08. The molecule has 0 saturated heterocycles. The molecule has 0 saturated carbocycles. The molecule has 0 spiro atoms. The first-order chi connectivity index (χ1) is 5.65. The normalized spacial score (nSPS) is 9.15. The topological polar surface area (TPSA) is 43.1 Å². The van der Waals surface area contributed by atoms with Crippen molar-refractivity contribution in [3.05, 3.63) is 33.8 Å². The minimum atomic E-state index is -0.145. The number of nitrogens with two attached hydrogens (primary N) is 1. The predicted octanol–water partition coefficient (Wildman–Crippen LogP) is 2.71. The van der Waals surface area contributed by atoms with Crippen LogP contribution in [0.15, 0.2) is 18.2 Å². The van der Waals surface area contributed by atoms with Gasteiger partial charge < -0.3 is 5.73 Å². The molecule has 0 unspecified atom stereocenters. The molecule has 72 valence electrons. The molecule has 0 atom stereocenters. The van der Waals surface area contributed by atoms with Gasteiger partial charge in [-0.15, -0.1) is 17.0 Å². The minimum absolute atomic E-state index is 0. The van der Waals surface area contributed by atoms with Crippen molar-refractivity contribution < 1.29 is 4.79 Å². The smallest absolute Gasteiger partial charge is 0.176 e. The van der Waals surface area contributed by atoms with E-state index in [1.54, 1.807) is 12.1 Å². The highest BCUT2D eigenvalue weighted by Gasteiger charge is 2.05. The molecule has 1 aromatic rings. The van der Waals surface area contributed by atoms with Crippen molar-refractivity contribution in [2.45, 2.75) is 0 Å². The summed E-state index contributed by atoms with van der Waals surface area (Å²) >= 11 is 11.3. The number of rotatable bonds is 2. The Balaban J connectivity index is 0.00000144. The Morgan fingerprint density at radius 1 is 1.31 bits per heavy atom. The molecule has 0 aliphatic heterocycles. The van der Waals surface area contributed by atoms with Crippen LogP contribution in [-0.4, -0.2) is 12.3 Å². The largest absolute Gasteiger partial charge is 0.324 e. The summed E-state index contributed by atoms with van der Waals surface area (Å²) in [4.78, 5) is 11.1. The van der Waals surface area contributed by atoms with Crippen LogP contribution in [0.4, 0.5) is 0 Å². The van der Waals surface area contributed by atoms with Crippen molar-refractivity contribution in [3.63, 3.8) is 0 Å². The van der Waals surface area contributed by atoms with E-state index in [1.165, 1.54) is 6.07 Å². The highest BCUT2D eigenvalue weighted by atomic mass is 79.9. The van der Waals surface area contributed by atoms with Gasteiger partial charge in [0, 0.05) is 5.56 Å². The van der Waals surface area contributed by atoms with Crippen LogP contribution in [0.5, 0.6) is 0 Å². The van der Waals surface area contributed by atoms with Crippen molar-refractivity contribution >= 4 is 46.0 Å². The number of halogens is 3. The number of carbonyl (C=O) groups excluding carboxylic acids is 1. The lowest BCUT2D eigenvalue weighted by Crippen LogP contribution is -2.13. The van der Waals surface area contributed by atoms with Gasteiger partial charge in [0.15, 0.2) is 5.78 Å². The summed E-state index contributed by atoms with van der Waals surface area (Å²) in [5.41, 5.74) is 5.66. The Bertz CT molecular complexity index is 317. The van der Waals surface area contributed by atoms with Crippen LogP contribution in [0, 0.1) is 0 Å². The number of Topliss-reactive ketones (excluding diaryl/α,β-unsaturated/α-hetero) is 1. The summed E-state index contributed by atoms with van der Waals surface area (Å²) in [7, 11) is 0. The molecular formula is C8H8BrCl2NO. The fourth-order valence-electron chi connectivity index (χ4n) is 0.787. The van der Waals surface area contributed by atoms with E-state index in [9.17, 15) is 4.79 Å². The van der Waals surface area contributed by atoms with Gasteiger partial charge in [-0.1, -0.05) is 23.2 Å². The summed E-state index contributed by atoms with van der Waals surface area (Å²) < 4.78 is 0. The summed E-state index contributed by atoms with van der Waals surface area (Å²) in [5, 5.41) is 0.807. The van der Waals surface area contributed by atoms with Gasteiger partial charge in [-0.25, -0.2) is 0 Å². The zero-order valence-corrected chi connectivity index (χ0v) is 9.81. The number of benzene rings is 1. The Morgan fingerprint density at radius 3 is 2.38 bits per heavy atom. The summed E-state index contributed by atoms with van der Waals surface area (Å²) in [5.74, 6) is -0.145. The number of hydrogen-bond acceptors (Lipinski definition) is 2. The molecule has 0 heterocycles. The molecule has 2 nitrogen and oxygen atoms in total. The van der Waals surface area contributed by atoms with Crippen molar-refractivity contribution in [1.29, 1.82) is 0 Å². The lowest BCUT2D eigenvalue weighted by atomic mass is 10.1. The first kappa shape index (κ1) is 12.9. The van der Waals surface area contributed by atoms with Gasteiger partial charge in [-0.2, -0.15) is 0 Å². The van der Waals surface area contributed by atoms with Crippen molar-refractivity contribution in [3.8, 4) is 0 Å². The van der Waals surface area contributed by atoms with Crippen LogP contribution >= 0.6 is 40.2 Å².